The van der Waals surface area contributed by atoms with Crippen LogP contribution in [-0.2, 0) is 11.3 Å². The van der Waals surface area contributed by atoms with Crippen LogP contribution in [0.2, 0.25) is 0 Å². The second-order valence-electron chi connectivity index (χ2n) is 4.55. The van der Waals surface area contributed by atoms with Crippen LogP contribution in [-0.4, -0.2) is 30.7 Å². The fraction of sp³-hybridized carbons (Fsp3) is 0.538. The smallest absolute Gasteiger partial charge is 0.0674 e. The molecular formula is C13H20N2O. The Morgan fingerprint density at radius 1 is 1.50 bits per heavy atom. The van der Waals surface area contributed by atoms with E-state index >= 15 is 0 Å². The lowest BCUT2D eigenvalue weighted by Gasteiger charge is -2.31. The molecule has 1 atom stereocenters. The molecule has 1 fully saturated rings. The van der Waals surface area contributed by atoms with Gasteiger partial charge >= 0.3 is 0 Å². The molecule has 3 nitrogen and oxygen atoms in total. The zero-order chi connectivity index (χ0) is 11.5. The first kappa shape index (κ1) is 11.4. The lowest BCUT2D eigenvalue weighted by Crippen LogP contribution is -2.40. The molecular weight excluding hydrogens is 200 g/mol. The van der Waals surface area contributed by atoms with Gasteiger partial charge in [-0.3, -0.25) is 4.90 Å². The zero-order valence-electron chi connectivity index (χ0n) is 10.1. The third-order valence-electron chi connectivity index (χ3n) is 3.21. The number of hydrogen-bond acceptors (Lipinski definition) is 3. The van der Waals surface area contributed by atoms with Crippen molar-refractivity contribution in [3.05, 3.63) is 29.3 Å². The number of hydrogen-bond donors (Lipinski definition) is 1. The summed E-state index contributed by atoms with van der Waals surface area (Å²) in [5.41, 5.74) is 9.34. The van der Waals surface area contributed by atoms with E-state index in [0.717, 1.165) is 31.9 Å². The van der Waals surface area contributed by atoms with Crippen molar-refractivity contribution < 1.29 is 4.74 Å². The maximum absolute atomic E-state index is 5.91. The first-order valence-corrected chi connectivity index (χ1v) is 5.84. The minimum Gasteiger partial charge on any atom is -0.399 e. The van der Waals surface area contributed by atoms with E-state index in [-0.39, 0.29) is 0 Å². The minimum absolute atomic E-state index is 0.343. The summed E-state index contributed by atoms with van der Waals surface area (Å²) in [5, 5.41) is 0. The van der Waals surface area contributed by atoms with E-state index in [4.69, 9.17) is 10.5 Å². The largest absolute Gasteiger partial charge is 0.399 e. The Hall–Kier alpha value is -1.06. The molecule has 0 radical (unpaired) electrons. The summed E-state index contributed by atoms with van der Waals surface area (Å²) in [6, 6.07) is 6.15. The molecule has 1 aromatic carbocycles. The molecule has 1 saturated heterocycles. The first-order chi connectivity index (χ1) is 7.66. The minimum atomic E-state index is 0.343. The highest BCUT2D eigenvalue weighted by atomic mass is 16.5. The van der Waals surface area contributed by atoms with Crippen LogP contribution in [0.3, 0.4) is 0 Å². The van der Waals surface area contributed by atoms with Gasteiger partial charge < -0.3 is 10.5 Å². The van der Waals surface area contributed by atoms with Crippen molar-refractivity contribution in [3.8, 4) is 0 Å². The quantitative estimate of drug-likeness (QED) is 0.772. The van der Waals surface area contributed by atoms with Gasteiger partial charge in [-0.2, -0.15) is 0 Å². The maximum atomic E-state index is 5.91. The van der Waals surface area contributed by atoms with E-state index in [0.29, 0.717) is 6.10 Å². The number of benzene rings is 1. The van der Waals surface area contributed by atoms with Gasteiger partial charge in [0.1, 0.15) is 0 Å². The molecule has 3 heteroatoms. The van der Waals surface area contributed by atoms with Gasteiger partial charge in [0, 0.05) is 25.3 Å². The predicted octanol–water partition coefficient (Wildman–Crippen LogP) is 1.80. The summed E-state index contributed by atoms with van der Waals surface area (Å²) in [6.07, 6.45) is 0.343. The van der Waals surface area contributed by atoms with Gasteiger partial charge in [0.15, 0.2) is 0 Å². The van der Waals surface area contributed by atoms with Crippen molar-refractivity contribution in [2.45, 2.75) is 26.5 Å². The Kier molecular flexibility index (Phi) is 3.46. The standard InChI is InChI=1S/C13H20N2O/c1-10-8-15(6-7-16-10)9-12-4-3-5-13(14)11(12)2/h3-5,10H,6-9,14H2,1-2H3. The Morgan fingerprint density at radius 3 is 3.06 bits per heavy atom. The lowest BCUT2D eigenvalue weighted by molar-refractivity contribution is -0.0212. The highest BCUT2D eigenvalue weighted by molar-refractivity contribution is 5.49. The Labute approximate surface area is 97.2 Å². The van der Waals surface area contributed by atoms with Gasteiger partial charge in [0.25, 0.3) is 0 Å². The molecule has 1 heterocycles. The average Bonchev–Trinajstić information content (AvgIpc) is 2.25. The van der Waals surface area contributed by atoms with Crippen LogP contribution in [0.15, 0.2) is 18.2 Å². The van der Waals surface area contributed by atoms with E-state index in [2.05, 4.69) is 24.8 Å². The van der Waals surface area contributed by atoms with Crippen molar-refractivity contribution in [1.82, 2.24) is 4.90 Å². The zero-order valence-corrected chi connectivity index (χ0v) is 10.1. The van der Waals surface area contributed by atoms with Gasteiger partial charge in [0.05, 0.1) is 12.7 Å². The SMILES string of the molecule is Cc1c(N)cccc1CN1CCOC(C)C1. The van der Waals surface area contributed by atoms with E-state index < -0.39 is 0 Å². The molecule has 88 valence electrons. The first-order valence-electron chi connectivity index (χ1n) is 5.84. The van der Waals surface area contributed by atoms with Crippen LogP contribution in [0.25, 0.3) is 0 Å². The molecule has 16 heavy (non-hydrogen) atoms. The molecule has 0 amide bonds. The highest BCUT2D eigenvalue weighted by Gasteiger charge is 2.17. The molecule has 0 saturated carbocycles. The molecule has 0 aliphatic carbocycles. The molecule has 0 aromatic heterocycles. The van der Waals surface area contributed by atoms with Gasteiger partial charge in [-0.1, -0.05) is 12.1 Å². The Morgan fingerprint density at radius 2 is 2.31 bits per heavy atom. The summed E-state index contributed by atoms with van der Waals surface area (Å²) in [5.74, 6) is 0. The summed E-state index contributed by atoms with van der Waals surface area (Å²) >= 11 is 0. The van der Waals surface area contributed by atoms with Crippen LogP contribution >= 0.6 is 0 Å². The third-order valence-corrected chi connectivity index (χ3v) is 3.21. The Balaban J connectivity index is 2.05. The second kappa shape index (κ2) is 4.85. The summed E-state index contributed by atoms with van der Waals surface area (Å²) in [7, 11) is 0. The molecule has 1 unspecified atom stereocenters. The molecule has 1 aliphatic rings. The van der Waals surface area contributed by atoms with Crippen molar-refractivity contribution in [2.24, 2.45) is 0 Å². The molecule has 0 spiro atoms. The number of morpholine rings is 1. The van der Waals surface area contributed by atoms with E-state index in [1.54, 1.807) is 0 Å². The lowest BCUT2D eigenvalue weighted by atomic mass is 10.1. The fourth-order valence-electron chi connectivity index (χ4n) is 2.15. The van der Waals surface area contributed by atoms with E-state index in [1.807, 2.05) is 12.1 Å². The number of ether oxygens (including phenoxy) is 1. The fourth-order valence-corrected chi connectivity index (χ4v) is 2.15. The van der Waals surface area contributed by atoms with E-state index in [1.165, 1.54) is 11.1 Å². The number of nitrogen functional groups attached to an aromatic ring is 1. The molecule has 2 rings (SSSR count). The van der Waals surface area contributed by atoms with Crippen LogP contribution in [0.4, 0.5) is 5.69 Å². The van der Waals surface area contributed by atoms with Crippen molar-refractivity contribution in [3.63, 3.8) is 0 Å². The molecule has 2 N–H and O–H groups in total. The predicted molar refractivity (Wildman–Crippen MR) is 66.3 cm³/mol. The molecule has 1 aliphatic heterocycles. The molecule has 1 aromatic rings. The summed E-state index contributed by atoms with van der Waals surface area (Å²) in [4.78, 5) is 2.43. The number of nitrogens with two attached hydrogens (primary N) is 1. The third kappa shape index (κ3) is 2.54. The van der Waals surface area contributed by atoms with Crippen molar-refractivity contribution >= 4 is 5.69 Å². The van der Waals surface area contributed by atoms with E-state index in [9.17, 15) is 0 Å². The summed E-state index contributed by atoms with van der Waals surface area (Å²) in [6.45, 7) is 8.05. The van der Waals surface area contributed by atoms with Gasteiger partial charge in [0.2, 0.25) is 0 Å². The van der Waals surface area contributed by atoms with Crippen LogP contribution in [0, 0.1) is 6.92 Å². The van der Waals surface area contributed by atoms with Gasteiger partial charge in [-0.05, 0) is 31.0 Å². The number of anilines is 1. The number of rotatable bonds is 2. The van der Waals surface area contributed by atoms with Gasteiger partial charge in [-0.25, -0.2) is 0 Å². The van der Waals surface area contributed by atoms with Crippen LogP contribution in [0.1, 0.15) is 18.1 Å². The highest BCUT2D eigenvalue weighted by Crippen LogP contribution is 2.18. The summed E-state index contributed by atoms with van der Waals surface area (Å²) < 4.78 is 5.53. The monoisotopic (exact) mass is 220 g/mol. The second-order valence-corrected chi connectivity index (χ2v) is 4.55. The Bertz CT molecular complexity index is 365. The van der Waals surface area contributed by atoms with Crippen LogP contribution in [0.5, 0.6) is 0 Å². The normalized spacial score (nSPS) is 22.2. The maximum Gasteiger partial charge on any atom is 0.0674 e. The topological polar surface area (TPSA) is 38.5 Å². The van der Waals surface area contributed by atoms with Crippen molar-refractivity contribution in [1.29, 1.82) is 0 Å². The van der Waals surface area contributed by atoms with Gasteiger partial charge in [-0.15, -0.1) is 0 Å². The number of nitrogens with zero attached hydrogens (tertiary/aromatic N) is 1. The van der Waals surface area contributed by atoms with Crippen LogP contribution < -0.4 is 5.73 Å². The van der Waals surface area contributed by atoms with Crippen molar-refractivity contribution in [2.75, 3.05) is 25.4 Å². The molecule has 0 bridgehead atoms. The average molecular weight is 220 g/mol.